The first-order valence-electron chi connectivity index (χ1n) is 21.5. The number of para-hydroxylation sites is 1. The maximum atomic E-state index is 14.2. The lowest BCUT2D eigenvalue weighted by Crippen LogP contribution is -2.59. The number of benzene rings is 1. The average molecular weight is 907 g/mol. The monoisotopic (exact) mass is 906 g/mol. The van der Waals surface area contributed by atoms with Gasteiger partial charge in [-0.05, 0) is 69.4 Å². The molecule has 354 valence electrons. The Kier molecular flexibility index (Phi) is 18.8. The molecule has 0 radical (unpaired) electrons. The predicted octanol–water partition coefficient (Wildman–Crippen LogP) is -2.11. The van der Waals surface area contributed by atoms with E-state index >= 15 is 0 Å². The minimum absolute atomic E-state index is 0.0267. The highest BCUT2D eigenvalue weighted by molar-refractivity contribution is 5.97. The van der Waals surface area contributed by atoms with Gasteiger partial charge in [0.2, 0.25) is 41.4 Å². The van der Waals surface area contributed by atoms with Crippen LogP contribution >= 0.6 is 0 Å². The molecule has 4 rings (SSSR count). The number of guanidine groups is 1. The van der Waals surface area contributed by atoms with Crippen molar-refractivity contribution in [2.75, 3.05) is 13.1 Å². The van der Waals surface area contributed by atoms with Crippen LogP contribution in [0.2, 0.25) is 0 Å². The van der Waals surface area contributed by atoms with Crippen LogP contribution in [0.1, 0.15) is 77.0 Å². The van der Waals surface area contributed by atoms with Crippen molar-refractivity contribution in [1.29, 1.82) is 0 Å². The number of carbonyl (C=O) groups excluding carboxylic acids is 7. The highest BCUT2D eigenvalue weighted by Gasteiger charge is 2.40. The number of H-pyrrole nitrogens is 2. The highest BCUT2D eigenvalue weighted by atomic mass is 16.4. The number of carboxylic acids is 1. The van der Waals surface area contributed by atoms with Gasteiger partial charge in [-0.3, -0.25) is 38.6 Å². The molecule has 1 aromatic carbocycles. The van der Waals surface area contributed by atoms with Crippen molar-refractivity contribution < 1.29 is 43.5 Å². The average Bonchev–Trinajstić information content (AvgIpc) is 4.04. The molecule has 3 aromatic rings. The van der Waals surface area contributed by atoms with E-state index in [1.165, 1.54) is 24.3 Å². The van der Waals surface area contributed by atoms with Crippen molar-refractivity contribution in [2.45, 2.75) is 121 Å². The van der Waals surface area contributed by atoms with Gasteiger partial charge in [-0.2, -0.15) is 0 Å². The molecule has 1 aliphatic rings. The normalized spacial score (nSPS) is 16.3. The number of carboxylic acid groups (broad SMARTS) is 1. The molecule has 0 spiro atoms. The van der Waals surface area contributed by atoms with E-state index in [0.29, 0.717) is 12.1 Å². The number of hydrogen-bond acceptors (Lipinski definition) is 11. The number of amides is 7. The topological polar surface area (TPSA) is 381 Å². The molecular weight excluding hydrogens is 845 g/mol. The summed E-state index contributed by atoms with van der Waals surface area (Å²) in [5, 5.41) is 23.7. The zero-order valence-electron chi connectivity index (χ0n) is 36.8. The van der Waals surface area contributed by atoms with Crippen LogP contribution in [-0.4, -0.2) is 134 Å². The van der Waals surface area contributed by atoms with Gasteiger partial charge in [0.05, 0.1) is 12.4 Å². The molecule has 1 saturated heterocycles. The summed E-state index contributed by atoms with van der Waals surface area (Å²) >= 11 is 0. The first-order valence-corrected chi connectivity index (χ1v) is 21.5. The summed E-state index contributed by atoms with van der Waals surface area (Å²) in [6.07, 6.45) is 5.02. The fraction of sp³-hybridized carbons (Fsp3) is 0.524. The molecule has 7 amide bonds. The molecule has 0 aliphatic carbocycles. The quantitative estimate of drug-likeness (QED) is 0.0246. The third kappa shape index (κ3) is 15.3. The number of aromatic amines is 2. The molecule has 1 aliphatic heterocycles. The van der Waals surface area contributed by atoms with Crippen molar-refractivity contribution in [1.82, 2.24) is 46.4 Å². The third-order valence-corrected chi connectivity index (χ3v) is 10.8. The summed E-state index contributed by atoms with van der Waals surface area (Å²) in [4.78, 5) is 121. The number of aliphatic carboxylic acids is 1. The molecule has 2 aromatic heterocycles. The summed E-state index contributed by atoms with van der Waals surface area (Å²) in [6, 6.07) is -0.920. The molecule has 1 fully saturated rings. The number of aromatic nitrogens is 3. The standard InChI is InChI=1S/C42H62N14O9/c1-22(2)16-31(54-36(59)27(43)17-24-19-49-28-9-5-4-8-26(24)28)38(61)51-23(3)35(58)52-29(12-13-34(44)57)37(60)53-30(10-6-14-48-42(45)46)40(63)56-15-7-11-33(56)39(62)55-32(41(64)65)18-25-20-47-21-50-25/h4-5,8-9,19-23,27,29-33,49H,6-7,10-18,43H2,1-3H3,(H2,44,57)(H,47,50)(H,51,61)(H,52,58)(H,53,60)(H,54,59)(H,55,62)(H,64,65)(H4,45,46,48)/t23-,27-,29-,30-,31-,32-,33-/m0/s1. The van der Waals surface area contributed by atoms with E-state index in [9.17, 15) is 43.5 Å². The smallest absolute Gasteiger partial charge is 0.326 e. The number of fused-ring (bicyclic) bond motifs is 1. The second kappa shape index (κ2) is 24.1. The Labute approximate surface area is 375 Å². The van der Waals surface area contributed by atoms with E-state index in [-0.39, 0.29) is 76.3 Å². The summed E-state index contributed by atoms with van der Waals surface area (Å²) in [7, 11) is 0. The van der Waals surface area contributed by atoms with Crippen molar-refractivity contribution >= 4 is 64.2 Å². The van der Waals surface area contributed by atoms with Gasteiger partial charge in [0, 0.05) is 54.9 Å². The fourth-order valence-corrected chi connectivity index (χ4v) is 7.46. The van der Waals surface area contributed by atoms with E-state index in [2.05, 4.69) is 46.5 Å². The van der Waals surface area contributed by atoms with Crippen LogP contribution < -0.4 is 49.5 Å². The van der Waals surface area contributed by atoms with Crippen LogP contribution in [-0.2, 0) is 51.2 Å². The van der Waals surface area contributed by atoms with Crippen molar-refractivity contribution in [3.8, 4) is 0 Å². The Morgan fingerprint density at radius 3 is 2.20 bits per heavy atom. The Hall–Kier alpha value is -7.04. The van der Waals surface area contributed by atoms with Gasteiger partial charge >= 0.3 is 5.97 Å². The lowest BCUT2D eigenvalue weighted by Gasteiger charge is -2.30. The second-order valence-corrected chi connectivity index (χ2v) is 16.5. The van der Waals surface area contributed by atoms with Gasteiger partial charge in [-0.1, -0.05) is 32.0 Å². The number of primary amides is 1. The number of hydrogen-bond donors (Lipinski definition) is 12. The number of rotatable bonds is 25. The van der Waals surface area contributed by atoms with Crippen molar-refractivity contribution in [2.24, 2.45) is 33.8 Å². The molecule has 0 unspecified atom stereocenters. The fourth-order valence-electron chi connectivity index (χ4n) is 7.46. The number of nitrogens with two attached hydrogens (primary N) is 4. The zero-order chi connectivity index (χ0) is 47.8. The molecule has 3 heterocycles. The number of aliphatic imine (C=N–C) groups is 1. The Morgan fingerprint density at radius 1 is 0.846 bits per heavy atom. The van der Waals surface area contributed by atoms with Gasteiger partial charge in [0.15, 0.2) is 5.96 Å². The molecular formula is C42H62N14O9. The van der Waals surface area contributed by atoms with Crippen LogP contribution in [0.3, 0.4) is 0 Å². The minimum Gasteiger partial charge on any atom is -0.480 e. The van der Waals surface area contributed by atoms with E-state index in [1.807, 2.05) is 38.1 Å². The molecule has 7 atom stereocenters. The number of carbonyl (C=O) groups is 8. The number of nitrogens with one attached hydrogen (secondary N) is 7. The Bertz CT molecular complexity index is 2170. The molecule has 0 saturated carbocycles. The van der Waals surface area contributed by atoms with Gasteiger partial charge in [-0.25, -0.2) is 9.78 Å². The first kappa shape index (κ1) is 50.6. The summed E-state index contributed by atoms with van der Waals surface area (Å²) in [6.45, 7) is 5.27. The lowest BCUT2D eigenvalue weighted by molar-refractivity contribution is -0.145. The predicted molar refractivity (Wildman–Crippen MR) is 238 cm³/mol. The summed E-state index contributed by atoms with van der Waals surface area (Å²) < 4.78 is 0. The van der Waals surface area contributed by atoms with Gasteiger partial charge in [-0.15, -0.1) is 0 Å². The van der Waals surface area contributed by atoms with Crippen molar-refractivity contribution in [3.63, 3.8) is 0 Å². The van der Waals surface area contributed by atoms with Gasteiger partial charge in [0.25, 0.3) is 0 Å². The molecule has 23 nitrogen and oxygen atoms in total. The Morgan fingerprint density at radius 2 is 1.54 bits per heavy atom. The van der Waals surface area contributed by atoms with E-state index in [0.717, 1.165) is 16.5 Å². The van der Waals surface area contributed by atoms with Crippen LogP contribution in [0.5, 0.6) is 0 Å². The maximum Gasteiger partial charge on any atom is 0.326 e. The molecule has 16 N–H and O–H groups in total. The minimum atomic E-state index is -1.44. The number of nitrogens with zero attached hydrogens (tertiary/aromatic N) is 3. The first-order chi connectivity index (χ1) is 30.8. The molecule has 23 heteroatoms. The largest absolute Gasteiger partial charge is 0.480 e. The molecule has 65 heavy (non-hydrogen) atoms. The van der Waals surface area contributed by atoms with Crippen LogP contribution in [0.4, 0.5) is 0 Å². The van der Waals surface area contributed by atoms with E-state index < -0.39 is 89.6 Å². The summed E-state index contributed by atoms with van der Waals surface area (Å²) in [5.74, 6) is -6.68. The molecule has 0 bridgehead atoms. The SMILES string of the molecule is CC(C)C[C@H](NC(=O)[C@@H](N)Cc1c[nH]c2ccccc12)C(=O)N[C@@H](C)C(=O)N[C@@H](CCC(N)=O)C(=O)N[C@@H](CCCN=C(N)N)C(=O)N1CCC[C@H]1C(=O)N[C@@H](Cc1cnc[nH]1)C(=O)O. The van der Waals surface area contributed by atoms with Crippen LogP contribution in [0.25, 0.3) is 10.9 Å². The van der Waals surface area contributed by atoms with Gasteiger partial charge < -0.3 is 69.5 Å². The third-order valence-electron chi connectivity index (χ3n) is 10.8. The second-order valence-electron chi connectivity index (χ2n) is 16.5. The van der Waals surface area contributed by atoms with E-state index in [1.54, 1.807) is 6.20 Å². The van der Waals surface area contributed by atoms with E-state index in [4.69, 9.17) is 22.9 Å². The number of imidazole rings is 1. The van der Waals surface area contributed by atoms with Crippen LogP contribution in [0, 0.1) is 5.92 Å². The lowest BCUT2D eigenvalue weighted by atomic mass is 10.0. The summed E-state index contributed by atoms with van der Waals surface area (Å²) in [5.41, 5.74) is 24.8. The van der Waals surface area contributed by atoms with Gasteiger partial charge in [0.1, 0.15) is 36.3 Å². The zero-order valence-corrected chi connectivity index (χ0v) is 36.8. The highest BCUT2D eigenvalue weighted by Crippen LogP contribution is 2.21. The number of likely N-dealkylation sites (tertiary alicyclic amines) is 1. The maximum absolute atomic E-state index is 14.2. The van der Waals surface area contributed by atoms with Crippen molar-refractivity contribution in [3.05, 3.63) is 54.2 Å². The Balaban J connectivity index is 1.45. The van der Waals surface area contributed by atoms with Crippen LogP contribution in [0.15, 0.2) is 48.0 Å².